The lowest BCUT2D eigenvalue weighted by atomic mass is 10.1. The maximum atomic E-state index is 12.5. The first-order valence-corrected chi connectivity index (χ1v) is 8.71. The largest absolute Gasteiger partial charge is 0.449 e. The van der Waals surface area contributed by atoms with Crippen LogP contribution in [0.3, 0.4) is 0 Å². The molecule has 2 heterocycles. The molecule has 1 atom stereocenters. The molecule has 6 heteroatoms. The molecule has 2 saturated heterocycles. The summed E-state index contributed by atoms with van der Waals surface area (Å²) >= 11 is 0. The van der Waals surface area contributed by atoms with Gasteiger partial charge in [0.05, 0.1) is 12.6 Å². The van der Waals surface area contributed by atoms with E-state index in [2.05, 4.69) is 22.3 Å². The van der Waals surface area contributed by atoms with Crippen molar-refractivity contribution in [2.45, 2.75) is 31.8 Å². The Morgan fingerprint density at radius 2 is 2.04 bits per heavy atom. The van der Waals surface area contributed by atoms with Gasteiger partial charge in [0.1, 0.15) is 0 Å². The molecule has 2 fully saturated rings. The SMILES string of the molecule is O=C(NCCN1CCCOC1=O)[C@@H]1CCCN1Cc1ccccc1. The van der Waals surface area contributed by atoms with Gasteiger partial charge in [0, 0.05) is 26.2 Å². The molecule has 0 spiro atoms. The third-order valence-electron chi connectivity index (χ3n) is 4.63. The molecule has 0 saturated carbocycles. The van der Waals surface area contributed by atoms with Gasteiger partial charge in [-0.05, 0) is 31.4 Å². The maximum absolute atomic E-state index is 12.5. The number of carbonyl (C=O) groups is 2. The van der Waals surface area contributed by atoms with Crippen molar-refractivity contribution in [3.05, 3.63) is 35.9 Å². The Morgan fingerprint density at radius 1 is 1.21 bits per heavy atom. The van der Waals surface area contributed by atoms with E-state index in [-0.39, 0.29) is 18.0 Å². The van der Waals surface area contributed by atoms with Crippen LogP contribution in [0.2, 0.25) is 0 Å². The highest BCUT2D eigenvalue weighted by atomic mass is 16.6. The zero-order valence-electron chi connectivity index (χ0n) is 13.9. The van der Waals surface area contributed by atoms with Gasteiger partial charge < -0.3 is 15.0 Å². The van der Waals surface area contributed by atoms with E-state index < -0.39 is 0 Å². The predicted molar refractivity (Wildman–Crippen MR) is 90.4 cm³/mol. The zero-order chi connectivity index (χ0) is 16.8. The van der Waals surface area contributed by atoms with Crippen molar-refractivity contribution in [1.29, 1.82) is 0 Å². The van der Waals surface area contributed by atoms with Gasteiger partial charge in [0.2, 0.25) is 5.91 Å². The van der Waals surface area contributed by atoms with Gasteiger partial charge in [-0.2, -0.15) is 0 Å². The van der Waals surface area contributed by atoms with Crippen LogP contribution in [0.25, 0.3) is 0 Å². The average Bonchev–Trinajstić information content (AvgIpc) is 3.05. The monoisotopic (exact) mass is 331 g/mol. The van der Waals surface area contributed by atoms with E-state index in [1.54, 1.807) is 4.90 Å². The van der Waals surface area contributed by atoms with E-state index in [1.165, 1.54) is 5.56 Å². The van der Waals surface area contributed by atoms with Crippen molar-refractivity contribution in [3.8, 4) is 0 Å². The molecular weight excluding hydrogens is 306 g/mol. The first-order valence-electron chi connectivity index (χ1n) is 8.71. The second kappa shape index (κ2) is 8.15. The number of likely N-dealkylation sites (tertiary alicyclic amines) is 1. The summed E-state index contributed by atoms with van der Waals surface area (Å²) < 4.78 is 5.00. The molecule has 0 aromatic heterocycles. The van der Waals surface area contributed by atoms with Crippen molar-refractivity contribution in [3.63, 3.8) is 0 Å². The van der Waals surface area contributed by atoms with E-state index in [0.717, 1.165) is 32.4 Å². The standard InChI is InChI=1S/C18H25N3O3/c22-17(19-9-12-20-11-5-13-24-18(20)23)16-8-4-10-21(16)14-15-6-2-1-3-7-15/h1-3,6-7,16H,4-5,8-14H2,(H,19,22)/t16-/m0/s1. The molecule has 0 aliphatic carbocycles. The summed E-state index contributed by atoms with van der Waals surface area (Å²) in [4.78, 5) is 27.9. The average molecular weight is 331 g/mol. The molecule has 2 aliphatic rings. The molecule has 3 rings (SSSR count). The van der Waals surface area contributed by atoms with Gasteiger partial charge >= 0.3 is 6.09 Å². The number of carbonyl (C=O) groups excluding carboxylic acids is 2. The maximum Gasteiger partial charge on any atom is 0.409 e. The Bertz CT molecular complexity index is 564. The van der Waals surface area contributed by atoms with Crippen molar-refractivity contribution in [1.82, 2.24) is 15.1 Å². The fraction of sp³-hybridized carbons (Fsp3) is 0.556. The van der Waals surface area contributed by atoms with Gasteiger partial charge in [-0.25, -0.2) is 4.79 Å². The van der Waals surface area contributed by atoms with E-state index in [0.29, 0.717) is 26.2 Å². The minimum absolute atomic E-state index is 0.0637. The van der Waals surface area contributed by atoms with E-state index in [1.807, 2.05) is 18.2 Å². The van der Waals surface area contributed by atoms with Gasteiger partial charge in [0.25, 0.3) is 0 Å². The number of amides is 2. The highest BCUT2D eigenvalue weighted by Crippen LogP contribution is 2.20. The molecule has 0 radical (unpaired) electrons. The molecule has 0 unspecified atom stereocenters. The summed E-state index contributed by atoms with van der Waals surface area (Å²) in [6, 6.07) is 10.2. The molecule has 1 aromatic rings. The Labute approximate surface area is 142 Å². The highest BCUT2D eigenvalue weighted by molar-refractivity contribution is 5.82. The van der Waals surface area contributed by atoms with Crippen LogP contribution in [0.1, 0.15) is 24.8 Å². The molecule has 6 nitrogen and oxygen atoms in total. The number of rotatable bonds is 6. The first-order chi connectivity index (χ1) is 11.7. The second-order valence-electron chi connectivity index (χ2n) is 6.36. The molecule has 0 bridgehead atoms. The zero-order valence-corrected chi connectivity index (χ0v) is 13.9. The Morgan fingerprint density at radius 3 is 2.83 bits per heavy atom. The van der Waals surface area contributed by atoms with Crippen molar-refractivity contribution >= 4 is 12.0 Å². The summed E-state index contributed by atoms with van der Waals surface area (Å²) in [7, 11) is 0. The van der Waals surface area contributed by atoms with Crippen molar-refractivity contribution in [2.24, 2.45) is 0 Å². The summed E-state index contributed by atoms with van der Waals surface area (Å²) in [5, 5.41) is 2.98. The summed E-state index contributed by atoms with van der Waals surface area (Å²) in [5.74, 6) is 0.0637. The van der Waals surface area contributed by atoms with Crippen LogP contribution < -0.4 is 5.32 Å². The topological polar surface area (TPSA) is 61.9 Å². The van der Waals surface area contributed by atoms with Gasteiger partial charge in [-0.1, -0.05) is 30.3 Å². The summed E-state index contributed by atoms with van der Waals surface area (Å²) in [6.07, 6.45) is 2.52. The minimum atomic E-state index is -0.276. The summed E-state index contributed by atoms with van der Waals surface area (Å²) in [6.45, 7) is 3.94. The van der Waals surface area contributed by atoms with Crippen LogP contribution in [0.5, 0.6) is 0 Å². The van der Waals surface area contributed by atoms with Crippen LogP contribution in [0, 0.1) is 0 Å². The first kappa shape index (κ1) is 16.8. The van der Waals surface area contributed by atoms with Gasteiger partial charge in [-0.3, -0.25) is 9.69 Å². The number of hydrogen-bond acceptors (Lipinski definition) is 4. The quantitative estimate of drug-likeness (QED) is 0.860. The lowest BCUT2D eigenvalue weighted by Gasteiger charge is -2.27. The number of benzene rings is 1. The van der Waals surface area contributed by atoms with Crippen LogP contribution in [0.15, 0.2) is 30.3 Å². The fourth-order valence-electron chi connectivity index (χ4n) is 3.36. The highest BCUT2D eigenvalue weighted by Gasteiger charge is 2.30. The second-order valence-corrected chi connectivity index (χ2v) is 6.36. The van der Waals surface area contributed by atoms with Crippen LogP contribution in [-0.2, 0) is 16.1 Å². The lowest BCUT2D eigenvalue weighted by molar-refractivity contribution is -0.125. The smallest absolute Gasteiger partial charge is 0.409 e. The normalized spacial score (nSPS) is 21.6. The molecule has 1 N–H and O–H groups in total. The Balaban J connectivity index is 1.46. The van der Waals surface area contributed by atoms with E-state index >= 15 is 0 Å². The van der Waals surface area contributed by atoms with Crippen LogP contribution in [-0.4, -0.2) is 60.6 Å². The number of cyclic esters (lactones) is 1. The molecule has 1 aromatic carbocycles. The Kier molecular flexibility index (Phi) is 5.69. The Hall–Kier alpha value is -2.08. The van der Waals surface area contributed by atoms with Crippen LogP contribution in [0.4, 0.5) is 4.79 Å². The molecular formula is C18H25N3O3. The third-order valence-corrected chi connectivity index (χ3v) is 4.63. The third kappa shape index (κ3) is 4.26. The summed E-state index contributed by atoms with van der Waals surface area (Å²) in [5.41, 5.74) is 1.23. The number of ether oxygens (including phenoxy) is 1. The number of hydrogen-bond donors (Lipinski definition) is 1. The molecule has 2 aliphatic heterocycles. The van der Waals surface area contributed by atoms with Gasteiger partial charge in [-0.15, -0.1) is 0 Å². The molecule has 2 amide bonds. The lowest BCUT2D eigenvalue weighted by Crippen LogP contribution is -2.47. The van der Waals surface area contributed by atoms with E-state index in [9.17, 15) is 9.59 Å². The van der Waals surface area contributed by atoms with Crippen molar-refractivity contribution in [2.75, 3.05) is 32.8 Å². The number of nitrogens with zero attached hydrogens (tertiary/aromatic N) is 2. The van der Waals surface area contributed by atoms with Gasteiger partial charge in [0.15, 0.2) is 0 Å². The molecule has 130 valence electrons. The number of nitrogens with one attached hydrogen (secondary N) is 1. The molecule has 24 heavy (non-hydrogen) atoms. The fourth-order valence-corrected chi connectivity index (χ4v) is 3.36. The minimum Gasteiger partial charge on any atom is -0.449 e. The predicted octanol–water partition coefficient (Wildman–Crippen LogP) is 1.61. The van der Waals surface area contributed by atoms with Crippen molar-refractivity contribution < 1.29 is 14.3 Å². The van der Waals surface area contributed by atoms with Crippen LogP contribution >= 0.6 is 0 Å². The van der Waals surface area contributed by atoms with E-state index in [4.69, 9.17) is 4.74 Å².